The van der Waals surface area contributed by atoms with E-state index in [9.17, 15) is 4.79 Å². The third-order valence-electron chi connectivity index (χ3n) is 4.05. The van der Waals surface area contributed by atoms with Gasteiger partial charge in [0.25, 0.3) is 5.91 Å². The SMILES string of the molecule is CCNC(=O)c1ccc(C)c(NC2CCCCCC2)c1. The van der Waals surface area contributed by atoms with E-state index in [0.717, 1.165) is 11.3 Å². The molecule has 3 nitrogen and oxygen atoms in total. The number of amides is 1. The minimum Gasteiger partial charge on any atom is -0.382 e. The molecule has 0 unspecified atom stereocenters. The van der Waals surface area contributed by atoms with Crippen molar-refractivity contribution in [2.24, 2.45) is 0 Å². The number of anilines is 1. The van der Waals surface area contributed by atoms with Gasteiger partial charge in [0.15, 0.2) is 0 Å². The van der Waals surface area contributed by atoms with Crippen LogP contribution in [-0.4, -0.2) is 18.5 Å². The van der Waals surface area contributed by atoms with Crippen LogP contribution in [0.3, 0.4) is 0 Å². The summed E-state index contributed by atoms with van der Waals surface area (Å²) in [5.74, 6) is 0.0106. The third-order valence-corrected chi connectivity index (χ3v) is 4.05. The molecule has 20 heavy (non-hydrogen) atoms. The summed E-state index contributed by atoms with van der Waals surface area (Å²) < 4.78 is 0. The number of hydrogen-bond acceptors (Lipinski definition) is 2. The smallest absolute Gasteiger partial charge is 0.251 e. The lowest BCUT2D eigenvalue weighted by molar-refractivity contribution is 0.0956. The predicted octanol–water partition coefficient (Wildman–Crippen LogP) is 3.88. The Morgan fingerprint density at radius 2 is 1.90 bits per heavy atom. The Morgan fingerprint density at radius 1 is 1.20 bits per heavy atom. The van der Waals surface area contributed by atoms with Crippen molar-refractivity contribution in [3.05, 3.63) is 29.3 Å². The largest absolute Gasteiger partial charge is 0.382 e. The molecule has 1 saturated carbocycles. The van der Waals surface area contributed by atoms with Gasteiger partial charge >= 0.3 is 0 Å². The van der Waals surface area contributed by atoms with Crippen molar-refractivity contribution >= 4 is 11.6 Å². The van der Waals surface area contributed by atoms with Crippen molar-refractivity contribution in [2.75, 3.05) is 11.9 Å². The molecule has 1 aromatic rings. The lowest BCUT2D eigenvalue weighted by Gasteiger charge is -2.20. The van der Waals surface area contributed by atoms with Crippen molar-refractivity contribution in [1.82, 2.24) is 5.32 Å². The van der Waals surface area contributed by atoms with E-state index in [0.29, 0.717) is 12.6 Å². The highest BCUT2D eigenvalue weighted by Crippen LogP contribution is 2.24. The van der Waals surface area contributed by atoms with Crippen molar-refractivity contribution < 1.29 is 4.79 Å². The molecule has 0 aromatic heterocycles. The molecule has 3 heteroatoms. The molecule has 0 bridgehead atoms. The molecule has 0 atom stereocenters. The minimum absolute atomic E-state index is 0.0106. The summed E-state index contributed by atoms with van der Waals surface area (Å²) in [4.78, 5) is 11.9. The van der Waals surface area contributed by atoms with Crippen LogP contribution in [0, 0.1) is 6.92 Å². The van der Waals surface area contributed by atoms with E-state index in [1.54, 1.807) is 0 Å². The van der Waals surface area contributed by atoms with Crippen LogP contribution in [0.5, 0.6) is 0 Å². The van der Waals surface area contributed by atoms with Crippen LogP contribution in [0.15, 0.2) is 18.2 Å². The summed E-state index contributed by atoms with van der Waals surface area (Å²) in [5, 5.41) is 6.50. The summed E-state index contributed by atoms with van der Waals surface area (Å²) in [5.41, 5.74) is 3.07. The van der Waals surface area contributed by atoms with Gasteiger partial charge in [-0.1, -0.05) is 31.7 Å². The lowest BCUT2D eigenvalue weighted by Crippen LogP contribution is -2.23. The molecule has 1 aromatic carbocycles. The highest BCUT2D eigenvalue weighted by atomic mass is 16.1. The summed E-state index contributed by atoms with van der Waals surface area (Å²) >= 11 is 0. The molecule has 2 rings (SSSR count). The number of nitrogens with one attached hydrogen (secondary N) is 2. The first kappa shape index (κ1) is 14.9. The van der Waals surface area contributed by atoms with Gasteiger partial charge in [-0.3, -0.25) is 4.79 Å². The molecule has 2 N–H and O–H groups in total. The second kappa shape index (κ2) is 7.32. The molecule has 0 heterocycles. The van der Waals surface area contributed by atoms with Crippen LogP contribution >= 0.6 is 0 Å². The average Bonchev–Trinajstić information content (AvgIpc) is 2.70. The van der Waals surface area contributed by atoms with Gasteiger partial charge in [-0.25, -0.2) is 0 Å². The summed E-state index contributed by atoms with van der Waals surface area (Å²) in [6.45, 7) is 4.70. The predicted molar refractivity (Wildman–Crippen MR) is 84.3 cm³/mol. The molecule has 0 radical (unpaired) electrons. The van der Waals surface area contributed by atoms with Crippen molar-refractivity contribution in [1.29, 1.82) is 0 Å². The highest BCUT2D eigenvalue weighted by molar-refractivity contribution is 5.95. The fraction of sp³-hybridized carbons (Fsp3) is 0.588. The number of hydrogen-bond donors (Lipinski definition) is 2. The number of aryl methyl sites for hydroxylation is 1. The zero-order valence-electron chi connectivity index (χ0n) is 12.7. The zero-order valence-corrected chi connectivity index (χ0v) is 12.7. The van der Waals surface area contributed by atoms with Crippen molar-refractivity contribution in [3.8, 4) is 0 Å². The molecule has 1 amide bonds. The molecule has 1 aliphatic carbocycles. The molecule has 1 aliphatic rings. The van der Waals surface area contributed by atoms with E-state index in [4.69, 9.17) is 0 Å². The van der Waals surface area contributed by atoms with E-state index in [-0.39, 0.29) is 5.91 Å². The van der Waals surface area contributed by atoms with E-state index in [1.165, 1.54) is 44.1 Å². The van der Waals surface area contributed by atoms with Crippen molar-refractivity contribution in [2.45, 2.75) is 58.4 Å². The summed E-state index contributed by atoms with van der Waals surface area (Å²) in [6.07, 6.45) is 7.82. The number of carbonyl (C=O) groups is 1. The van der Waals surface area contributed by atoms with E-state index >= 15 is 0 Å². The van der Waals surface area contributed by atoms with Gasteiger partial charge in [-0.05, 0) is 44.4 Å². The Labute approximate surface area is 122 Å². The molecular formula is C17H26N2O. The maximum atomic E-state index is 11.9. The van der Waals surface area contributed by atoms with Gasteiger partial charge in [0, 0.05) is 23.8 Å². The first-order valence-electron chi connectivity index (χ1n) is 7.86. The Kier molecular flexibility index (Phi) is 5.45. The maximum absolute atomic E-state index is 11.9. The minimum atomic E-state index is 0.0106. The van der Waals surface area contributed by atoms with Crippen LogP contribution in [0.2, 0.25) is 0 Å². The second-order valence-electron chi connectivity index (χ2n) is 5.72. The fourth-order valence-electron chi connectivity index (χ4n) is 2.82. The van der Waals surface area contributed by atoms with Gasteiger partial charge in [-0.2, -0.15) is 0 Å². The molecule has 1 fully saturated rings. The molecule has 0 spiro atoms. The standard InChI is InChI=1S/C17H26N2O/c1-3-18-17(20)14-11-10-13(2)16(12-14)19-15-8-6-4-5-7-9-15/h10-12,15,19H,3-9H2,1-2H3,(H,18,20). The highest BCUT2D eigenvalue weighted by Gasteiger charge is 2.14. The van der Waals surface area contributed by atoms with Crippen molar-refractivity contribution in [3.63, 3.8) is 0 Å². The first-order valence-corrected chi connectivity index (χ1v) is 7.86. The van der Waals surface area contributed by atoms with Crippen LogP contribution < -0.4 is 10.6 Å². The topological polar surface area (TPSA) is 41.1 Å². The number of carbonyl (C=O) groups excluding carboxylic acids is 1. The Hall–Kier alpha value is -1.51. The van der Waals surface area contributed by atoms with Crippen LogP contribution in [0.25, 0.3) is 0 Å². The Balaban J connectivity index is 2.09. The monoisotopic (exact) mass is 274 g/mol. The average molecular weight is 274 g/mol. The Morgan fingerprint density at radius 3 is 2.55 bits per heavy atom. The van der Waals surface area contributed by atoms with Crippen LogP contribution in [-0.2, 0) is 0 Å². The van der Waals surface area contributed by atoms with Crippen LogP contribution in [0.1, 0.15) is 61.4 Å². The number of benzene rings is 1. The quantitative estimate of drug-likeness (QED) is 0.818. The normalized spacial score (nSPS) is 16.5. The van der Waals surface area contributed by atoms with Gasteiger partial charge in [0.05, 0.1) is 0 Å². The molecule has 110 valence electrons. The number of rotatable bonds is 4. The van der Waals surface area contributed by atoms with Gasteiger partial charge in [-0.15, -0.1) is 0 Å². The first-order chi connectivity index (χ1) is 9.70. The van der Waals surface area contributed by atoms with Gasteiger partial charge < -0.3 is 10.6 Å². The lowest BCUT2D eigenvalue weighted by atomic mass is 10.1. The molecule has 0 aliphatic heterocycles. The van der Waals surface area contributed by atoms with Gasteiger partial charge in [0.2, 0.25) is 0 Å². The zero-order chi connectivity index (χ0) is 14.4. The summed E-state index contributed by atoms with van der Waals surface area (Å²) in [6, 6.07) is 6.48. The Bertz CT molecular complexity index is 448. The van der Waals surface area contributed by atoms with E-state index < -0.39 is 0 Å². The molecule has 0 saturated heterocycles. The van der Waals surface area contributed by atoms with E-state index in [2.05, 4.69) is 17.6 Å². The fourth-order valence-corrected chi connectivity index (χ4v) is 2.82. The maximum Gasteiger partial charge on any atom is 0.251 e. The summed E-state index contributed by atoms with van der Waals surface area (Å²) in [7, 11) is 0. The molecular weight excluding hydrogens is 248 g/mol. The second-order valence-corrected chi connectivity index (χ2v) is 5.72. The van der Waals surface area contributed by atoms with Gasteiger partial charge in [0.1, 0.15) is 0 Å². The van der Waals surface area contributed by atoms with Crippen LogP contribution in [0.4, 0.5) is 5.69 Å². The third kappa shape index (κ3) is 3.99. The van der Waals surface area contributed by atoms with E-state index in [1.807, 2.05) is 25.1 Å².